The fourth-order valence-electron chi connectivity index (χ4n) is 5.34. The molecule has 160 valence electrons. The summed E-state index contributed by atoms with van der Waals surface area (Å²) in [6.07, 6.45) is -0.156. The van der Waals surface area contributed by atoms with Crippen molar-refractivity contribution in [2.45, 2.75) is 50.2 Å². The van der Waals surface area contributed by atoms with Gasteiger partial charge in [-0.25, -0.2) is 0 Å². The van der Waals surface area contributed by atoms with Crippen molar-refractivity contribution in [1.29, 1.82) is 0 Å². The third kappa shape index (κ3) is 3.36. The lowest BCUT2D eigenvalue weighted by Gasteiger charge is -2.31. The number of amides is 1. The van der Waals surface area contributed by atoms with Crippen molar-refractivity contribution in [2.24, 2.45) is 5.92 Å². The molecule has 2 aromatic carbocycles. The molecule has 2 aromatic rings. The molecule has 0 aliphatic carbocycles. The van der Waals surface area contributed by atoms with Crippen molar-refractivity contribution in [3.8, 4) is 0 Å². The van der Waals surface area contributed by atoms with E-state index < -0.39 is 20.1 Å². The molecule has 1 spiro atoms. The molecule has 2 heterocycles. The molecule has 7 heteroatoms. The molecule has 4 atom stereocenters. The predicted octanol–water partition coefficient (Wildman–Crippen LogP) is 5.15. The van der Waals surface area contributed by atoms with E-state index in [1.807, 2.05) is 55.5 Å². The summed E-state index contributed by atoms with van der Waals surface area (Å²) in [4.78, 5) is 15.7. The number of carbonyl (C=O) groups excluding carboxylic acids is 1. The first-order chi connectivity index (χ1) is 14.2. The maximum atomic E-state index is 15.4. The molecular weight excluding hydrogens is 465 g/mol. The Hall–Kier alpha value is -1.54. The highest BCUT2D eigenvalue weighted by atomic mass is 79.9. The molecule has 2 aliphatic rings. The topological polar surface area (TPSA) is 49.8 Å². The average Bonchev–Trinajstić information content (AvgIpc) is 3.10. The Bertz CT molecular complexity index is 951. The number of benzene rings is 2. The van der Waals surface area contributed by atoms with E-state index in [2.05, 4.69) is 15.9 Å². The van der Waals surface area contributed by atoms with Crippen LogP contribution in [0, 0.1) is 5.92 Å². The van der Waals surface area contributed by atoms with Crippen molar-refractivity contribution in [2.75, 3.05) is 11.5 Å². The number of anilines is 1. The van der Waals surface area contributed by atoms with Gasteiger partial charge >= 0.3 is 0 Å². The molecule has 0 bridgehead atoms. The number of fused-ring (bicyclic) bond motifs is 2. The summed E-state index contributed by atoms with van der Waals surface area (Å²) < 4.78 is 22.8. The van der Waals surface area contributed by atoms with Gasteiger partial charge in [0.25, 0.3) is 5.91 Å². The van der Waals surface area contributed by atoms with Crippen molar-refractivity contribution in [3.63, 3.8) is 0 Å². The number of aliphatic hydroxyl groups excluding tert-OH is 1. The lowest BCUT2D eigenvalue weighted by Crippen LogP contribution is -2.45. The lowest BCUT2D eigenvalue weighted by atomic mass is 9.82. The van der Waals surface area contributed by atoms with Crippen LogP contribution < -0.4 is 4.90 Å². The Kier molecular flexibility index (Phi) is 5.68. The van der Waals surface area contributed by atoms with Gasteiger partial charge in [0.05, 0.1) is 18.3 Å². The van der Waals surface area contributed by atoms with Gasteiger partial charge in [-0.15, -0.1) is 0 Å². The first kappa shape index (κ1) is 21.7. The van der Waals surface area contributed by atoms with E-state index in [0.29, 0.717) is 13.0 Å². The number of rotatable bonds is 5. The monoisotopic (exact) mass is 491 g/mol. The minimum atomic E-state index is -3.16. The van der Waals surface area contributed by atoms with Gasteiger partial charge in [-0.05, 0) is 43.3 Å². The van der Waals surface area contributed by atoms with Crippen LogP contribution in [-0.4, -0.2) is 32.1 Å². The van der Waals surface area contributed by atoms with E-state index in [9.17, 15) is 9.90 Å². The van der Waals surface area contributed by atoms with Crippen LogP contribution in [0.2, 0.25) is 18.6 Å². The highest BCUT2D eigenvalue weighted by Gasteiger charge is 2.66. The molecule has 0 unspecified atom stereocenters. The fraction of sp³-hybridized carbons (Fsp3) is 0.435. The zero-order valence-electron chi connectivity index (χ0n) is 17.4. The summed E-state index contributed by atoms with van der Waals surface area (Å²) in [7, 11) is -3.16. The van der Waals surface area contributed by atoms with Crippen LogP contribution in [0.3, 0.4) is 0 Å². The van der Waals surface area contributed by atoms with Crippen LogP contribution in [0.4, 0.5) is 9.80 Å². The largest absolute Gasteiger partial charge is 0.396 e. The van der Waals surface area contributed by atoms with E-state index in [1.54, 1.807) is 18.0 Å². The minimum Gasteiger partial charge on any atom is -0.396 e. The van der Waals surface area contributed by atoms with Gasteiger partial charge in [-0.3, -0.25) is 4.79 Å². The number of hydrogen-bond acceptors (Lipinski definition) is 3. The van der Waals surface area contributed by atoms with E-state index >= 15 is 4.11 Å². The number of aliphatic hydroxyl groups is 1. The minimum absolute atomic E-state index is 0.0955. The second kappa shape index (κ2) is 7.86. The molecule has 1 saturated heterocycles. The normalized spacial score (nSPS) is 28.4. The van der Waals surface area contributed by atoms with Crippen molar-refractivity contribution >= 4 is 35.9 Å². The number of carbonyl (C=O) groups is 1. The Morgan fingerprint density at radius 3 is 2.57 bits per heavy atom. The number of nitrogens with zero attached hydrogens (tertiary/aromatic N) is 1. The summed E-state index contributed by atoms with van der Waals surface area (Å²) in [5.74, 6) is -0.474. The fourth-order valence-corrected chi connectivity index (χ4v) is 8.24. The summed E-state index contributed by atoms with van der Waals surface area (Å²) in [6, 6.07) is 15.6. The molecular formula is C23H27BrFNO3Si. The Morgan fingerprint density at radius 2 is 1.93 bits per heavy atom. The van der Waals surface area contributed by atoms with Crippen molar-refractivity contribution in [1.82, 2.24) is 0 Å². The molecule has 4 nitrogen and oxygen atoms in total. The third-order valence-electron chi connectivity index (χ3n) is 6.52. The van der Waals surface area contributed by atoms with E-state index in [0.717, 1.165) is 21.3 Å². The first-order valence-electron chi connectivity index (χ1n) is 10.3. The van der Waals surface area contributed by atoms with Crippen LogP contribution in [0.5, 0.6) is 0 Å². The summed E-state index contributed by atoms with van der Waals surface area (Å²) >= 11 is 3.53. The molecule has 30 heavy (non-hydrogen) atoms. The maximum absolute atomic E-state index is 15.4. The van der Waals surface area contributed by atoms with Gasteiger partial charge < -0.3 is 18.9 Å². The van der Waals surface area contributed by atoms with Gasteiger partial charge in [-0.1, -0.05) is 53.2 Å². The molecule has 1 amide bonds. The van der Waals surface area contributed by atoms with Crippen LogP contribution in [0.1, 0.15) is 24.5 Å². The van der Waals surface area contributed by atoms with Gasteiger partial charge in [0, 0.05) is 28.1 Å². The summed E-state index contributed by atoms with van der Waals surface area (Å²) in [5, 5.41) is 9.59. The summed E-state index contributed by atoms with van der Waals surface area (Å²) in [6.45, 7) is 5.61. The second-order valence-electron chi connectivity index (χ2n) is 8.82. The van der Waals surface area contributed by atoms with Gasteiger partial charge in [0.15, 0.2) is 5.60 Å². The average molecular weight is 492 g/mol. The maximum Gasteiger partial charge on any atom is 0.264 e. The zero-order valence-corrected chi connectivity index (χ0v) is 20.0. The molecule has 0 aromatic heterocycles. The van der Waals surface area contributed by atoms with Gasteiger partial charge in [0.2, 0.25) is 8.41 Å². The van der Waals surface area contributed by atoms with Crippen LogP contribution in [0.15, 0.2) is 53.0 Å². The van der Waals surface area contributed by atoms with Crippen molar-refractivity contribution < 1.29 is 18.7 Å². The number of ether oxygens (including phenoxy) is 1. The lowest BCUT2D eigenvalue weighted by molar-refractivity contribution is -0.146. The number of halogens is 2. The Morgan fingerprint density at radius 1 is 1.23 bits per heavy atom. The first-order valence-corrected chi connectivity index (χ1v) is 14.1. The molecule has 1 fully saturated rings. The van der Waals surface area contributed by atoms with E-state index in [4.69, 9.17) is 4.74 Å². The zero-order chi connectivity index (χ0) is 21.7. The predicted molar refractivity (Wildman–Crippen MR) is 122 cm³/mol. The molecule has 1 N–H and O–H groups in total. The Balaban J connectivity index is 1.83. The quantitative estimate of drug-likeness (QED) is 0.464. The highest BCUT2D eigenvalue weighted by Crippen LogP contribution is 2.60. The molecule has 0 saturated carbocycles. The van der Waals surface area contributed by atoms with Crippen LogP contribution in [0.25, 0.3) is 0 Å². The highest BCUT2D eigenvalue weighted by molar-refractivity contribution is 9.10. The van der Waals surface area contributed by atoms with Crippen LogP contribution in [-0.2, 0) is 21.7 Å². The van der Waals surface area contributed by atoms with E-state index in [1.165, 1.54) is 0 Å². The van der Waals surface area contributed by atoms with Gasteiger partial charge in [0.1, 0.15) is 0 Å². The van der Waals surface area contributed by atoms with Crippen LogP contribution >= 0.6 is 15.9 Å². The standard InChI is InChI=1S/C23H27BrFNO3Si/c1-15-21(30(2,3)25)20(11-12-27)29-23(15)18-13-17(24)9-10-19(18)26(22(23)28)14-16-7-5-4-6-8-16/h4-10,13,15,20-21,27H,11-12,14H2,1-3H3/t15-,20+,21-,23+/m1/s1. The molecule has 0 radical (unpaired) electrons. The molecule has 4 rings (SSSR count). The molecule has 2 aliphatic heterocycles. The Labute approximate surface area is 186 Å². The second-order valence-corrected chi connectivity index (χ2v) is 13.5. The van der Waals surface area contributed by atoms with E-state index in [-0.39, 0.29) is 24.0 Å². The smallest absolute Gasteiger partial charge is 0.264 e. The number of hydrogen-bond donors (Lipinski definition) is 1. The summed E-state index contributed by atoms with van der Waals surface area (Å²) in [5.41, 5.74) is 1.01. The van der Waals surface area contributed by atoms with Crippen molar-refractivity contribution in [3.05, 3.63) is 64.1 Å². The third-order valence-corrected chi connectivity index (χ3v) is 9.47. The van der Waals surface area contributed by atoms with Gasteiger partial charge in [-0.2, -0.15) is 0 Å². The SMILES string of the molecule is C[C@@H]1[C@@H]([Si](C)(C)F)[C@H](CCO)O[C@@]12C(=O)N(Cc1ccccc1)c1ccc(Br)cc12.